The van der Waals surface area contributed by atoms with Crippen molar-refractivity contribution in [3.8, 4) is 11.1 Å². The van der Waals surface area contributed by atoms with Crippen LogP contribution in [0.2, 0.25) is 0 Å². The van der Waals surface area contributed by atoms with Gasteiger partial charge in [0.25, 0.3) is 11.8 Å². The number of fused-ring (bicyclic) bond motifs is 2. The summed E-state index contributed by atoms with van der Waals surface area (Å²) in [6.45, 7) is 5.19. The van der Waals surface area contributed by atoms with Crippen LogP contribution in [-0.2, 0) is 24.3 Å². The summed E-state index contributed by atoms with van der Waals surface area (Å²) in [5.74, 6) is -0.474. The summed E-state index contributed by atoms with van der Waals surface area (Å²) in [4.78, 5) is 40.1. The molecular weight excluding hydrogens is 539 g/mol. The van der Waals surface area contributed by atoms with Gasteiger partial charge in [-0.2, -0.15) is 0 Å². The Hall–Kier alpha value is -4.05. The molecule has 5 heterocycles. The van der Waals surface area contributed by atoms with Crippen LogP contribution >= 0.6 is 11.3 Å². The Morgan fingerprint density at radius 3 is 2.66 bits per heavy atom. The average Bonchev–Trinajstić information content (AvgIpc) is 3.78. The van der Waals surface area contributed by atoms with Gasteiger partial charge in [-0.05, 0) is 67.0 Å². The van der Waals surface area contributed by atoms with Gasteiger partial charge in [-0.3, -0.25) is 14.9 Å². The first kappa shape index (κ1) is 25.9. The van der Waals surface area contributed by atoms with Crippen molar-refractivity contribution in [2.75, 3.05) is 23.3 Å². The maximum Gasteiger partial charge on any atom is 0.255 e. The zero-order valence-corrected chi connectivity index (χ0v) is 23.7. The van der Waals surface area contributed by atoms with Crippen molar-refractivity contribution in [2.45, 2.75) is 51.7 Å². The Kier molecular flexibility index (Phi) is 6.57. The lowest BCUT2D eigenvalue weighted by molar-refractivity contribution is -0.121. The number of imidazole rings is 1. The van der Waals surface area contributed by atoms with Gasteiger partial charge in [0.2, 0.25) is 0 Å². The third-order valence-corrected chi connectivity index (χ3v) is 9.33. The number of halogens is 1. The van der Waals surface area contributed by atoms with Crippen molar-refractivity contribution in [3.63, 3.8) is 0 Å². The van der Waals surface area contributed by atoms with Gasteiger partial charge < -0.3 is 14.4 Å². The number of anilines is 2. The predicted octanol–water partition coefficient (Wildman–Crippen LogP) is 5.66. The Balaban J connectivity index is 1.19. The molecule has 1 saturated heterocycles. The molecule has 1 unspecified atom stereocenters. The number of benzene rings is 2. The van der Waals surface area contributed by atoms with Crippen LogP contribution in [0.5, 0.6) is 0 Å². The summed E-state index contributed by atoms with van der Waals surface area (Å²) in [5.41, 5.74) is 4.72. The first-order valence-electron chi connectivity index (χ1n) is 14.2. The summed E-state index contributed by atoms with van der Waals surface area (Å²) in [6, 6.07) is 10.4. The Morgan fingerprint density at radius 1 is 1.10 bits per heavy atom. The molecule has 4 aromatic rings. The molecule has 3 aliphatic heterocycles. The number of nitrogens with zero attached hydrogens (tertiary/aromatic N) is 5. The van der Waals surface area contributed by atoms with E-state index in [1.165, 1.54) is 35.1 Å². The number of hydrogen-bond acceptors (Lipinski definition) is 6. The van der Waals surface area contributed by atoms with E-state index in [1.54, 1.807) is 24.0 Å². The van der Waals surface area contributed by atoms with E-state index in [1.807, 2.05) is 16.7 Å². The number of aromatic nitrogens is 3. The molecule has 2 aromatic carbocycles. The van der Waals surface area contributed by atoms with Crippen LogP contribution in [-0.4, -0.2) is 44.3 Å². The molecule has 3 aliphatic rings. The second-order valence-electron chi connectivity index (χ2n) is 11.2. The second-order valence-corrected chi connectivity index (χ2v) is 12.1. The molecule has 1 fully saturated rings. The molecule has 2 amide bonds. The largest absolute Gasteiger partial charge is 0.372 e. The van der Waals surface area contributed by atoms with Gasteiger partial charge in [0.15, 0.2) is 11.2 Å². The van der Waals surface area contributed by atoms with E-state index in [-0.39, 0.29) is 18.0 Å². The lowest BCUT2D eigenvalue weighted by atomic mass is 9.97. The maximum atomic E-state index is 15.6. The summed E-state index contributed by atoms with van der Waals surface area (Å²) < 4.78 is 17.6. The molecule has 0 spiro atoms. The number of carbonyl (C=O) groups is 2. The smallest absolute Gasteiger partial charge is 0.255 e. The van der Waals surface area contributed by atoms with Crippen molar-refractivity contribution in [1.29, 1.82) is 0 Å². The minimum atomic E-state index is -0.998. The molecule has 0 aliphatic carbocycles. The standard InChI is InChI=1S/C31H31FN6O2S/c1-19-8-12-36(13-9-19)22-6-4-20(5-7-22)21-15-23-24(25(32)16-21)17-38(30(23)40)28(29(39)35-31-33-10-14-41-31)27-26-3-2-11-37(26)18-34-27/h4-7,10,14-16,18-19,28H,2-3,8-9,11-13,17H2,1H3,(H,33,35,39). The van der Waals surface area contributed by atoms with Crippen LogP contribution in [0.3, 0.4) is 0 Å². The van der Waals surface area contributed by atoms with Gasteiger partial charge in [-0.15, -0.1) is 11.3 Å². The third kappa shape index (κ3) is 4.69. The van der Waals surface area contributed by atoms with Crippen molar-refractivity contribution in [3.05, 3.63) is 82.6 Å². The number of nitrogens with one attached hydrogen (secondary N) is 1. The van der Waals surface area contributed by atoms with Crippen molar-refractivity contribution < 1.29 is 14.0 Å². The van der Waals surface area contributed by atoms with E-state index in [4.69, 9.17) is 0 Å². The van der Waals surface area contributed by atoms with Crippen LogP contribution in [0, 0.1) is 11.7 Å². The molecule has 2 aromatic heterocycles. The quantitative estimate of drug-likeness (QED) is 0.323. The highest BCUT2D eigenvalue weighted by atomic mass is 32.1. The summed E-state index contributed by atoms with van der Waals surface area (Å²) in [6.07, 6.45) is 7.42. The first-order valence-corrected chi connectivity index (χ1v) is 15.1. The summed E-state index contributed by atoms with van der Waals surface area (Å²) in [5, 5.41) is 5.05. The molecule has 10 heteroatoms. The van der Waals surface area contributed by atoms with Gasteiger partial charge in [0.05, 0.1) is 18.6 Å². The van der Waals surface area contributed by atoms with E-state index in [0.717, 1.165) is 55.3 Å². The number of thiazole rings is 1. The minimum Gasteiger partial charge on any atom is -0.372 e. The van der Waals surface area contributed by atoms with Crippen molar-refractivity contribution in [2.24, 2.45) is 5.92 Å². The highest BCUT2D eigenvalue weighted by molar-refractivity contribution is 7.13. The first-order chi connectivity index (χ1) is 20.0. The Morgan fingerprint density at radius 2 is 1.90 bits per heavy atom. The van der Waals surface area contributed by atoms with Crippen molar-refractivity contribution in [1.82, 2.24) is 19.4 Å². The topological polar surface area (TPSA) is 83.4 Å². The summed E-state index contributed by atoms with van der Waals surface area (Å²) in [7, 11) is 0. The zero-order valence-electron chi connectivity index (χ0n) is 22.8. The number of amides is 2. The fourth-order valence-corrected chi connectivity index (χ4v) is 6.83. The van der Waals surface area contributed by atoms with E-state index < -0.39 is 17.8 Å². The number of carbonyl (C=O) groups excluding carboxylic acids is 2. The van der Waals surface area contributed by atoms with Crippen LogP contribution in [0.1, 0.15) is 59.5 Å². The van der Waals surface area contributed by atoms with Crippen LogP contribution in [0.15, 0.2) is 54.3 Å². The molecule has 0 bridgehead atoms. The maximum absolute atomic E-state index is 15.6. The Bertz CT molecular complexity index is 1610. The number of aryl methyl sites for hydroxylation is 1. The average molecular weight is 571 g/mol. The molecular formula is C31H31FN6O2S. The number of piperidine rings is 1. The van der Waals surface area contributed by atoms with E-state index in [2.05, 4.69) is 39.2 Å². The summed E-state index contributed by atoms with van der Waals surface area (Å²) >= 11 is 1.30. The molecule has 1 N–H and O–H groups in total. The van der Waals surface area contributed by atoms with Gasteiger partial charge in [0, 0.05) is 53.7 Å². The molecule has 0 radical (unpaired) electrons. The Labute approximate surface area is 241 Å². The van der Waals surface area contributed by atoms with Gasteiger partial charge in [-0.25, -0.2) is 14.4 Å². The molecule has 8 nitrogen and oxygen atoms in total. The molecule has 1 atom stereocenters. The SMILES string of the molecule is CC1CCN(c2ccc(-c3cc(F)c4c(c3)C(=O)N(C(C(=O)Nc3nccs3)c3ncn5c3CCC5)C4)cc2)CC1. The van der Waals surface area contributed by atoms with Gasteiger partial charge >= 0.3 is 0 Å². The normalized spacial score (nSPS) is 17.6. The van der Waals surface area contributed by atoms with Crippen LogP contribution < -0.4 is 10.2 Å². The number of rotatable bonds is 6. The van der Waals surface area contributed by atoms with E-state index in [0.29, 0.717) is 22.0 Å². The van der Waals surface area contributed by atoms with Gasteiger partial charge in [0.1, 0.15) is 5.82 Å². The highest BCUT2D eigenvalue weighted by Crippen LogP contribution is 2.38. The lowest BCUT2D eigenvalue weighted by Gasteiger charge is -2.32. The fraction of sp³-hybridized carbons (Fsp3) is 0.355. The second kappa shape index (κ2) is 10.4. The lowest BCUT2D eigenvalue weighted by Crippen LogP contribution is -2.38. The number of hydrogen-bond donors (Lipinski definition) is 1. The molecule has 7 rings (SSSR count). The predicted molar refractivity (Wildman–Crippen MR) is 156 cm³/mol. The van der Waals surface area contributed by atoms with Gasteiger partial charge in [-0.1, -0.05) is 19.1 Å². The van der Waals surface area contributed by atoms with Crippen molar-refractivity contribution >= 4 is 34.0 Å². The van der Waals surface area contributed by atoms with Crippen LogP contribution in [0.4, 0.5) is 15.2 Å². The molecule has 210 valence electrons. The third-order valence-electron chi connectivity index (χ3n) is 8.64. The molecule has 41 heavy (non-hydrogen) atoms. The van der Waals surface area contributed by atoms with E-state index >= 15 is 4.39 Å². The minimum absolute atomic E-state index is 0.00510. The highest BCUT2D eigenvalue weighted by Gasteiger charge is 2.42. The van der Waals surface area contributed by atoms with Crippen LogP contribution in [0.25, 0.3) is 11.1 Å². The van der Waals surface area contributed by atoms with E-state index in [9.17, 15) is 9.59 Å². The fourth-order valence-electron chi connectivity index (χ4n) is 6.30. The zero-order chi connectivity index (χ0) is 28.1. The molecule has 0 saturated carbocycles. The monoisotopic (exact) mass is 570 g/mol.